The van der Waals surface area contributed by atoms with Gasteiger partial charge in [0.15, 0.2) is 11.8 Å². The molecular formula is C8H9N3O2. The molecule has 0 aromatic carbocycles. The molecule has 1 heterocycles. The lowest BCUT2D eigenvalue weighted by atomic mass is 10.4. The Morgan fingerprint density at radius 2 is 2.54 bits per heavy atom. The van der Waals surface area contributed by atoms with Gasteiger partial charge in [-0.2, -0.15) is 10.4 Å². The summed E-state index contributed by atoms with van der Waals surface area (Å²) in [4.78, 5) is 11.2. The Bertz CT molecular complexity index is 351. The minimum absolute atomic E-state index is 0.213. The van der Waals surface area contributed by atoms with E-state index in [1.807, 2.05) is 0 Å². The van der Waals surface area contributed by atoms with Crippen LogP contribution in [0.3, 0.4) is 0 Å². The van der Waals surface area contributed by atoms with E-state index in [-0.39, 0.29) is 5.69 Å². The van der Waals surface area contributed by atoms with E-state index in [1.54, 1.807) is 19.3 Å². The van der Waals surface area contributed by atoms with Crippen LogP contribution in [0, 0.1) is 11.3 Å². The maximum Gasteiger partial charge on any atom is 0.360 e. The lowest BCUT2D eigenvalue weighted by molar-refractivity contribution is 0.0427. The van der Waals surface area contributed by atoms with Crippen molar-refractivity contribution in [3.63, 3.8) is 0 Å². The minimum atomic E-state index is -0.741. The van der Waals surface area contributed by atoms with Crippen LogP contribution in [0.15, 0.2) is 12.3 Å². The Morgan fingerprint density at radius 1 is 1.85 bits per heavy atom. The van der Waals surface area contributed by atoms with Gasteiger partial charge in [-0.3, -0.25) is 4.68 Å². The minimum Gasteiger partial charge on any atom is -0.442 e. The van der Waals surface area contributed by atoms with Crippen LogP contribution >= 0.6 is 0 Å². The van der Waals surface area contributed by atoms with Crippen LogP contribution < -0.4 is 0 Å². The smallest absolute Gasteiger partial charge is 0.360 e. The van der Waals surface area contributed by atoms with Crippen LogP contribution in [0.2, 0.25) is 0 Å². The van der Waals surface area contributed by atoms with Crippen LogP contribution in [0.4, 0.5) is 0 Å². The number of hydrogen-bond acceptors (Lipinski definition) is 4. The number of aryl methyl sites for hydroxylation is 1. The number of nitrogens with zero attached hydrogens (tertiary/aromatic N) is 3. The fraction of sp³-hybridized carbons (Fsp3) is 0.375. The van der Waals surface area contributed by atoms with Gasteiger partial charge in [0.2, 0.25) is 0 Å². The second-order valence-corrected chi connectivity index (χ2v) is 2.55. The molecular weight excluding hydrogens is 170 g/mol. The van der Waals surface area contributed by atoms with Crippen molar-refractivity contribution in [2.45, 2.75) is 13.0 Å². The fourth-order valence-electron chi connectivity index (χ4n) is 0.771. The van der Waals surface area contributed by atoms with E-state index < -0.39 is 12.1 Å². The Morgan fingerprint density at radius 3 is 3.00 bits per heavy atom. The van der Waals surface area contributed by atoms with Gasteiger partial charge in [-0.15, -0.1) is 0 Å². The summed E-state index contributed by atoms with van der Waals surface area (Å²) in [7, 11) is 1.70. The van der Waals surface area contributed by atoms with Crippen molar-refractivity contribution < 1.29 is 9.53 Å². The van der Waals surface area contributed by atoms with E-state index in [9.17, 15) is 4.79 Å². The zero-order valence-corrected chi connectivity index (χ0v) is 7.39. The summed E-state index contributed by atoms with van der Waals surface area (Å²) in [6.45, 7) is 1.50. The normalized spacial score (nSPS) is 11.8. The largest absolute Gasteiger partial charge is 0.442 e. The molecule has 0 radical (unpaired) electrons. The molecule has 5 heteroatoms. The Hall–Kier alpha value is -1.83. The highest BCUT2D eigenvalue weighted by Crippen LogP contribution is 1.99. The molecule has 1 unspecified atom stereocenters. The van der Waals surface area contributed by atoms with Crippen molar-refractivity contribution in [3.05, 3.63) is 18.0 Å². The highest BCUT2D eigenvalue weighted by atomic mass is 16.5. The maximum absolute atomic E-state index is 11.2. The summed E-state index contributed by atoms with van der Waals surface area (Å²) < 4.78 is 6.22. The van der Waals surface area contributed by atoms with Crippen molar-refractivity contribution in [3.8, 4) is 6.07 Å². The zero-order valence-electron chi connectivity index (χ0n) is 7.39. The van der Waals surface area contributed by atoms with E-state index in [0.717, 1.165) is 0 Å². The van der Waals surface area contributed by atoms with Gasteiger partial charge in [0.05, 0.1) is 0 Å². The number of rotatable bonds is 2. The summed E-state index contributed by atoms with van der Waals surface area (Å²) in [6, 6.07) is 3.33. The molecule has 0 N–H and O–H groups in total. The maximum atomic E-state index is 11.2. The van der Waals surface area contributed by atoms with Crippen LogP contribution in [-0.4, -0.2) is 21.9 Å². The molecule has 0 bridgehead atoms. The zero-order chi connectivity index (χ0) is 9.84. The van der Waals surface area contributed by atoms with E-state index >= 15 is 0 Å². The van der Waals surface area contributed by atoms with Crippen LogP contribution in [0.5, 0.6) is 0 Å². The molecule has 1 aromatic rings. The van der Waals surface area contributed by atoms with Crippen LogP contribution in [-0.2, 0) is 11.8 Å². The summed E-state index contributed by atoms with van der Waals surface area (Å²) in [6.07, 6.45) is 0.891. The van der Waals surface area contributed by atoms with Crippen molar-refractivity contribution in [1.29, 1.82) is 5.26 Å². The van der Waals surface area contributed by atoms with Gasteiger partial charge in [0.25, 0.3) is 0 Å². The van der Waals surface area contributed by atoms with Gasteiger partial charge in [0, 0.05) is 13.2 Å². The molecule has 5 nitrogen and oxygen atoms in total. The third-order valence-corrected chi connectivity index (χ3v) is 1.39. The second kappa shape index (κ2) is 3.72. The molecule has 1 aromatic heterocycles. The van der Waals surface area contributed by atoms with Crippen molar-refractivity contribution in [2.75, 3.05) is 0 Å². The SMILES string of the molecule is CC(C#N)OC(=O)c1ccn(C)n1. The number of carbonyl (C=O) groups excluding carboxylic acids is 1. The Balaban J connectivity index is 2.65. The first-order valence-corrected chi connectivity index (χ1v) is 3.73. The molecule has 0 fully saturated rings. The number of ether oxygens (including phenoxy) is 1. The molecule has 1 atom stereocenters. The van der Waals surface area contributed by atoms with Gasteiger partial charge >= 0.3 is 5.97 Å². The summed E-state index contributed by atoms with van der Waals surface area (Å²) in [5.74, 6) is -0.574. The molecule has 0 amide bonds. The molecule has 0 saturated heterocycles. The monoisotopic (exact) mass is 179 g/mol. The molecule has 0 aliphatic heterocycles. The lowest BCUT2D eigenvalue weighted by Gasteiger charge is -2.02. The standard InChI is InChI=1S/C8H9N3O2/c1-6(5-9)13-8(12)7-3-4-11(2)10-7/h3-4,6H,1-2H3. The molecule has 13 heavy (non-hydrogen) atoms. The predicted molar refractivity (Wildman–Crippen MR) is 43.7 cm³/mol. The number of hydrogen-bond donors (Lipinski definition) is 0. The first-order chi connectivity index (χ1) is 6.13. The van der Waals surface area contributed by atoms with Crippen LogP contribution in [0.25, 0.3) is 0 Å². The molecule has 68 valence electrons. The fourth-order valence-corrected chi connectivity index (χ4v) is 0.771. The van der Waals surface area contributed by atoms with Crippen molar-refractivity contribution >= 4 is 5.97 Å². The summed E-state index contributed by atoms with van der Waals surface area (Å²) >= 11 is 0. The van der Waals surface area contributed by atoms with Gasteiger partial charge in [-0.05, 0) is 13.0 Å². The van der Waals surface area contributed by atoms with Gasteiger partial charge in [-0.1, -0.05) is 0 Å². The van der Waals surface area contributed by atoms with Crippen molar-refractivity contribution in [1.82, 2.24) is 9.78 Å². The number of aromatic nitrogens is 2. The third-order valence-electron chi connectivity index (χ3n) is 1.39. The topological polar surface area (TPSA) is 67.9 Å². The van der Waals surface area contributed by atoms with E-state index in [2.05, 4.69) is 5.10 Å². The van der Waals surface area contributed by atoms with E-state index in [0.29, 0.717) is 0 Å². The molecule has 0 saturated carbocycles. The average molecular weight is 179 g/mol. The Kier molecular flexibility index (Phi) is 2.65. The number of nitriles is 1. The first-order valence-electron chi connectivity index (χ1n) is 3.73. The van der Waals surface area contributed by atoms with Crippen molar-refractivity contribution in [2.24, 2.45) is 7.05 Å². The van der Waals surface area contributed by atoms with E-state index in [1.165, 1.54) is 17.7 Å². The quantitative estimate of drug-likeness (QED) is 0.619. The number of carbonyl (C=O) groups is 1. The number of esters is 1. The molecule has 0 aliphatic carbocycles. The summed E-state index contributed by atoms with van der Waals surface area (Å²) in [5.41, 5.74) is 0.213. The highest BCUT2D eigenvalue weighted by Gasteiger charge is 2.13. The first kappa shape index (κ1) is 9.26. The van der Waals surface area contributed by atoms with Gasteiger partial charge in [0.1, 0.15) is 6.07 Å². The average Bonchev–Trinajstić information content (AvgIpc) is 2.51. The lowest BCUT2D eigenvalue weighted by Crippen LogP contribution is -2.13. The predicted octanol–water partition coefficient (Wildman–Crippen LogP) is 0.489. The van der Waals surface area contributed by atoms with Crippen LogP contribution in [0.1, 0.15) is 17.4 Å². The molecule has 0 aliphatic rings. The second-order valence-electron chi connectivity index (χ2n) is 2.55. The van der Waals surface area contributed by atoms with Gasteiger partial charge in [-0.25, -0.2) is 4.79 Å². The third kappa shape index (κ3) is 2.30. The van der Waals surface area contributed by atoms with Gasteiger partial charge < -0.3 is 4.74 Å². The summed E-state index contributed by atoms with van der Waals surface area (Å²) in [5, 5.41) is 12.2. The molecule has 1 rings (SSSR count). The highest BCUT2D eigenvalue weighted by molar-refractivity contribution is 5.87. The Labute approximate surface area is 75.5 Å². The molecule has 0 spiro atoms. The van der Waals surface area contributed by atoms with E-state index in [4.69, 9.17) is 10.00 Å².